The van der Waals surface area contributed by atoms with E-state index in [0.717, 1.165) is 12.8 Å². The maximum absolute atomic E-state index is 14.1. The third-order valence-corrected chi connectivity index (χ3v) is 5.81. The largest absolute Gasteiger partial charge is 0.489 e. The van der Waals surface area contributed by atoms with Crippen molar-refractivity contribution in [2.75, 3.05) is 6.61 Å². The van der Waals surface area contributed by atoms with Crippen LogP contribution in [0.1, 0.15) is 34.3 Å². The summed E-state index contributed by atoms with van der Waals surface area (Å²) in [5.41, 5.74) is 0.639. The summed E-state index contributed by atoms with van der Waals surface area (Å²) in [7, 11) is 0. The van der Waals surface area contributed by atoms with Gasteiger partial charge in [-0.2, -0.15) is 0 Å². The normalized spacial score (nSPS) is 13.3. The average molecular weight is 487 g/mol. The summed E-state index contributed by atoms with van der Waals surface area (Å²) in [5, 5.41) is 0.930. The summed E-state index contributed by atoms with van der Waals surface area (Å²) in [6, 6.07) is 7.53. The summed E-state index contributed by atoms with van der Waals surface area (Å²) in [6.45, 7) is -0.136. The molecule has 2 heterocycles. The molecule has 0 amide bonds. The molecule has 2 aromatic heterocycles. The first-order valence-electron chi connectivity index (χ1n) is 10.6. The molecular formula is C25H18ClF3N2O3. The molecule has 0 saturated heterocycles. The molecule has 1 aliphatic carbocycles. The van der Waals surface area contributed by atoms with Crippen LogP contribution in [0.25, 0.3) is 11.0 Å². The summed E-state index contributed by atoms with van der Waals surface area (Å²) >= 11 is 6.06. The maximum Gasteiger partial charge on any atom is 0.199 e. The average Bonchev–Trinajstić information content (AvgIpc) is 3.54. The number of ether oxygens (including phenoxy) is 2. The number of aromatic amines is 1. The Morgan fingerprint density at radius 1 is 1.09 bits per heavy atom. The van der Waals surface area contributed by atoms with Crippen molar-refractivity contribution in [2.24, 2.45) is 5.92 Å². The van der Waals surface area contributed by atoms with Crippen molar-refractivity contribution in [3.05, 3.63) is 88.0 Å². The maximum atomic E-state index is 14.1. The standard InChI is InChI=1S/C25H18ClF3N2O3/c26-14-6-17-18(10-31-25(17)30-9-14)23(32)16-2-1-3-22(24(16)34-11-13-4-5-13)33-12-19-20(28)7-15(27)8-21(19)29/h1-3,6-10,13H,4-5,11-12H2,(H,30,31). The third kappa shape index (κ3) is 4.46. The molecule has 1 aliphatic rings. The molecule has 174 valence electrons. The van der Waals surface area contributed by atoms with E-state index in [0.29, 0.717) is 46.3 Å². The van der Waals surface area contributed by atoms with Crippen molar-refractivity contribution in [2.45, 2.75) is 19.4 Å². The van der Waals surface area contributed by atoms with E-state index in [4.69, 9.17) is 21.1 Å². The highest BCUT2D eigenvalue weighted by atomic mass is 35.5. The first kappa shape index (κ1) is 22.3. The molecule has 0 radical (unpaired) electrons. The molecule has 4 aromatic rings. The highest BCUT2D eigenvalue weighted by molar-refractivity contribution is 6.31. The van der Waals surface area contributed by atoms with Crippen molar-refractivity contribution in [3.8, 4) is 11.5 Å². The lowest BCUT2D eigenvalue weighted by Gasteiger charge is -2.16. The molecule has 5 rings (SSSR count). The number of hydrogen-bond donors (Lipinski definition) is 1. The second-order valence-corrected chi connectivity index (χ2v) is 8.54. The number of benzene rings is 2. The van der Waals surface area contributed by atoms with Crippen molar-refractivity contribution in [1.82, 2.24) is 9.97 Å². The van der Waals surface area contributed by atoms with Crippen LogP contribution < -0.4 is 9.47 Å². The zero-order chi connectivity index (χ0) is 23.8. The van der Waals surface area contributed by atoms with Gasteiger partial charge in [0.15, 0.2) is 17.3 Å². The molecule has 34 heavy (non-hydrogen) atoms. The Morgan fingerprint density at radius 3 is 2.59 bits per heavy atom. The second-order valence-electron chi connectivity index (χ2n) is 8.11. The molecule has 1 fully saturated rings. The van der Waals surface area contributed by atoms with E-state index in [1.54, 1.807) is 24.3 Å². The van der Waals surface area contributed by atoms with Gasteiger partial charge in [-0.05, 0) is 37.0 Å². The summed E-state index contributed by atoms with van der Waals surface area (Å²) in [5.74, 6) is -2.81. The van der Waals surface area contributed by atoms with Crippen LogP contribution in [0.15, 0.2) is 48.8 Å². The van der Waals surface area contributed by atoms with Gasteiger partial charge in [-0.15, -0.1) is 0 Å². The SMILES string of the molecule is O=C(c1cccc(OCc2c(F)cc(F)cc2F)c1OCC1CC1)c1c[nH]c2ncc(Cl)cc12. The highest BCUT2D eigenvalue weighted by Gasteiger charge is 2.26. The molecular weight excluding hydrogens is 469 g/mol. The van der Waals surface area contributed by atoms with E-state index in [1.807, 2.05) is 0 Å². The molecule has 1 saturated carbocycles. The Balaban J connectivity index is 1.50. The van der Waals surface area contributed by atoms with Crippen molar-refractivity contribution in [1.29, 1.82) is 0 Å². The van der Waals surface area contributed by atoms with E-state index in [1.165, 1.54) is 12.4 Å². The fourth-order valence-electron chi connectivity index (χ4n) is 3.61. The van der Waals surface area contributed by atoms with Gasteiger partial charge in [-0.25, -0.2) is 18.2 Å². The summed E-state index contributed by atoms with van der Waals surface area (Å²) < 4.78 is 53.0. The number of carbonyl (C=O) groups is 1. The molecule has 1 N–H and O–H groups in total. The van der Waals surface area contributed by atoms with E-state index in [-0.39, 0.29) is 22.8 Å². The number of aromatic nitrogens is 2. The van der Waals surface area contributed by atoms with Crippen molar-refractivity contribution < 1.29 is 27.4 Å². The first-order valence-corrected chi connectivity index (χ1v) is 11.0. The Morgan fingerprint density at radius 2 is 1.85 bits per heavy atom. The Labute approximate surface area is 197 Å². The summed E-state index contributed by atoms with van der Waals surface area (Å²) in [4.78, 5) is 20.6. The molecule has 0 atom stereocenters. The van der Waals surface area contributed by atoms with Gasteiger partial charge in [0.1, 0.15) is 29.7 Å². The molecule has 0 spiro atoms. The monoisotopic (exact) mass is 486 g/mol. The Bertz CT molecular complexity index is 1380. The van der Waals surface area contributed by atoms with E-state index in [9.17, 15) is 18.0 Å². The van der Waals surface area contributed by atoms with Crippen LogP contribution >= 0.6 is 11.6 Å². The van der Waals surface area contributed by atoms with Gasteiger partial charge in [0.25, 0.3) is 0 Å². The topological polar surface area (TPSA) is 64.2 Å². The molecule has 0 unspecified atom stereocenters. The number of pyridine rings is 1. The number of nitrogens with zero attached hydrogens (tertiary/aromatic N) is 1. The van der Waals surface area contributed by atoms with Crippen LogP contribution in [0.4, 0.5) is 13.2 Å². The molecule has 2 aromatic carbocycles. The zero-order valence-electron chi connectivity index (χ0n) is 17.7. The Hall–Kier alpha value is -3.52. The van der Waals surface area contributed by atoms with Crippen LogP contribution in [0.2, 0.25) is 5.02 Å². The first-order chi connectivity index (χ1) is 16.4. The fourth-order valence-corrected chi connectivity index (χ4v) is 3.77. The van der Waals surface area contributed by atoms with E-state index >= 15 is 0 Å². The van der Waals surface area contributed by atoms with Gasteiger partial charge in [0, 0.05) is 35.5 Å². The van der Waals surface area contributed by atoms with Crippen LogP contribution in [0.3, 0.4) is 0 Å². The lowest BCUT2D eigenvalue weighted by atomic mass is 10.0. The number of fused-ring (bicyclic) bond motifs is 1. The van der Waals surface area contributed by atoms with Crippen molar-refractivity contribution in [3.63, 3.8) is 0 Å². The van der Waals surface area contributed by atoms with Crippen LogP contribution in [0.5, 0.6) is 11.5 Å². The van der Waals surface area contributed by atoms with Gasteiger partial charge >= 0.3 is 0 Å². The lowest BCUT2D eigenvalue weighted by Crippen LogP contribution is -2.10. The number of H-pyrrole nitrogens is 1. The molecule has 9 heteroatoms. The van der Waals surface area contributed by atoms with Gasteiger partial charge in [-0.1, -0.05) is 17.7 Å². The minimum atomic E-state index is -1.06. The minimum absolute atomic E-state index is 0.144. The number of carbonyl (C=O) groups excluding carboxylic acids is 1. The fraction of sp³-hybridized carbons (Fsp3) is 0.200. The van der Waals surface area contributed by atoms with Gasteiger partial charge in [-0.3, -0.25) is 4.79 Å². The lowest BCUT2D eigenvalue weighted by molar-refractivity contribution is 0.103. The minimum Gasteiger partial charge on any atom is -0.489 e. The van der Waals surface area contributed by atoms with Crippen LogP contribution in [-0.4, -0.2) is 22.4 Å². The molecule has 0 bridgehead atoms. The summed E-state index contributed by atoms with van der Waals surface area (Å²) in [6.07, 6.45) is 5.05. The predicted molar refractivity (Wildman–Crippen MR) is 120 cm³/mol. The van der Waals surface area contributed by atoms with Gasteiger partial charge in [0.05, 0.1) is 22.8 Å². The van der Waals surface area contributed by atoms with Crippen LogP contribution in [0, 0.1) is 23.4 Å². The predicted octanol–water partition coefficient (Wildman–Crippen LogP) is 6.23. The number of halogens is 4. The van der Waals surface area contributed by atoms with Crippen molar-refractivity contribution >= 4 is 28.4 Å². The Kier molecular flexibility index (Phi) is 5.91. The molecule has 0 aliphatic heterocycles. The second kappa shape index (κ2) is 9.02. The molecule has 5 nitrogen and oxygen atoms in total. The third-order valence-electron chi connectivity index (χ3n) is 5.60. The number of para-hydroxylation sites is 1. The smallest absolute Gasteiger partial charge is 0.199 e. The van der Waals surface area contributed by atoms with Gasteiger partial charge in [0.2, 0.25) is 0 Å². The van der Waals surface area contributed by atoms with E-state index < -0.39 is 29.6 Å². The number of ketones is 1. The van der Waals surface area contributed by atoms with E-state index in [2.05, 4.69) is 9.97 Å². The number of nitrogens with one attached hydrogen (secondary N) is 1. The number of hydrogen-bond acceptors (Lipinski definition) is 4. The van der Waals surface area contributed by atoms with Crippen LogP contribution in [-0.2, 0) is 6.61 Å². The quantitative estimate of drug-likeness (QED) is 0.300. The zero-order valence-corrected chi connectivity index (χ0v) is 18.5. The highest BCUT2D eigenvalue weighted by Crippen LogP contribution is 2.37. The van der Waals surface area contributed by atoms with Gasteiger partial charge < -0.3 is 14.5 Å². The number of rotatable bonds is 8.